The van der Waals surface area contributed by atoms with Crippen molar-refractivity contribution in [3.05, 3.63) is 59.4 Å². The van der Waals surface area contributed by atoms with Gasteiger partial charge in [0.05, 0.1) is 5.02 Å². The van der Waals surface area contributed by atoms with Gasteiger partial charge in [-0.3, -0.25) is 9.69 Å². The lowest BCUT2D eigenvalue weighted by Gasteiger charge is -2.39. The van der Waals surface area contributed by atoms with E-state index in [1.54, 1.807) is 0 Å². The molecule has 31 heavy (non-hydrogen) atoms. The van der Waals surface area contributed by atoms with Crippen LogP contribution in [0.3, 0.4) is 0 Å². The smallest absolute Gasteiger partial charge is 0.271 e. The van der Waals surface area contributed by atoms with Gasteiger partial charge >= 0.3 is 0 Å². The van der Waals surface area contributed by atoms with Crippen molar-refractivity contribution in [2.75, 3.05) is 50.7 Å². The molecule has 6 nitrogen and oxygen atoms in total. The van der Waals surface area contributed by atoms with Crippen LogP contribution in [0.5, 0.6) is 0 Å². The minimum Gasteiger partial charge on any atom is -0.354 e. The fraction of sp³-hybridized carbons (Fsp3) is 0.417. The number of halogens is 1. The molecule has 2 saturated heterocycles. The molecule has 1 atom stereocenters. The molecule has 1 N–H and O–H groups in total. The first-order valence-corrected chi connectivity index (χ1v) is 11.5. The van der Waals surface area contributed by atoms with Crippen molar-refractivity contribution in [1.82, 2.24) is 19.8 Å². The number of pyridine rings is 1. The van der Waals surface area contributed by atoms with E-state index in [4.69, 9.17) is 11.6 Å². The Labute approximate surface area is 187 Å². The molecule has 162 valence electrons. The summed E-state index contributed by atoms with van der Waals surface area (Å²) in [5.74, 6) is 1.58. The van der Waals surface area contributed by atoms with Crippen molar-refractivity contribution in [2.24, 2.45) is 5.92 Å². The van der Waals surface area contributed by atoms with Gasteiger partial charge in [0.2, 0.25) is 0 Å². The number of nitrogens with zero attached hydrogens (tertiary/aromatic N) is 4. The molecule has 5 rings (SSSR count). The second kappa shape index (κ2) is 8.89. The van der Waals surface area contributed by atoms with E-state index in [1.807, 2.05) is 47.5 Å². The van der Waals surface area contributed by atoms with Gasteiger partial charge in [0.15, 0.2) is 0 Å². The Morgan fingerprint density at radius 1 is 1.06 bits per heavy atom. The number of aromatic nitrogens is 2. The summed E-state index contributed by atoms with van der Waals surface area (Å²) in [4.78, 5) is 27.8. The van der Waals surface area contributed by atoms with E-state index in [1.165, 1.54) is 6.42 Å². The Balaban J connectivity index is 1.19. The van der Waals surface area contributed by atoms with Gasteiger partial charge in [0.25, 0.3) is 5.91 Å². The summed E-state index contributed by atoms with van der Waals surface area (Å²) in [6.45, 7) is 6.71. The Morgan fingerprint density at radius 2 is 1.87 bits per heavy atom. The quantitative estimate of drug-likeness (QED) is 0.672. The number of aromatic amines is 1. The molecule has 0 aliphatic carbocycles. The third kappa shape index (κ3) is 4.27. The Morgan fingerprint density at radius 3 is 2.65 bits per heavy atom. The van der Waals surface area contributed by atoms with E-state index in [-0.39, 0.29) is 5.91 Å². The van der Waals surface area contributed by atoms with Crippen molar-refractivity contribution in [2.45, 2.75) is 12.8 Å². The van der Waals surface area contributed by atoms with Crippen LogP contribution in [0.2, 0.25) is 5.02 Å². The highest BCUT2D eigenvalue weighted by Crippen LogP contribution is 2.29. The fourth-order valence-corrected chi connectivity index (χ4v) is 5.17. The van der Waals surface area contributed by atoms with Crippen molar-refractivity contribution in [1.29, 1.82) is 0 Å². The zero-order valence-electron chi connectivity index (χ0n) is 17.6. The molecule has 4 heterocycles. The van der Waals surface area contributed by atoms with Crippen LogP contribution in [-0.2, 0) is 0 Å². The predicted molar refractivity (Wildman–Crippen MR) is 125 cm³/mol. The summed E-state index contributed by atoms with van der Waals surface area (Å²) >= 11 is 6.53. The average Bonchev–Trinajstić information content (AvgIpc) is 3.16. The van der Waals surface area contributed by atoms with Crippen LogP contribution in [0.25, 0.3) is 10.9 Å². The van der Waals surface area contributed by atoms with Crippen LogP contribution in [0.15, 0.2) is 48.7 Å². The van der Waals surface area contributed by atoms with E-state index >= 15 is 0 Å². The first-order chi connectivity index (χ1) is 15.2. The zero-order valence-corrected chi connectivity index (χ0v) is 18.4. The summed E-state index contributed by atoms with van der Waals surface area (Å²) in [5.41, 5.74) is 1.43. The molecule has 3 aromatic rings. The van der Waals surface area contributed by atoms with E-state index in [2.05, 4.69) is 25.8 Å². The number of carbonyl (C=O) groups is 1. The van der Waals surface area contributed by atoms with Gasteiger partial charge in [-0.15, -0.1) is 0 Å². The largest absolute Gasteiger partial charge is 0.354 e. The molecule has 2 fully saturated rings. The van der Waals surface area contributed by atoms with Gasteiger partial charge in [-0.25, -0.2) is 4.98 Å². The van der Waals surface area contributed by atoms with Crippen molar-refractivity contribution in [3.63, 3.8) is 0 Å². The van der Waals surface area contributed by atoms with Crippen LogP contribution < -0.4 is 4.90 Å². The highest BCUT2D eigenvalue weighted by atomic mass is 35.5. The van der Waals surface area contributed by atoms with E-state index in [9.17, 15) is 4.79 Å². The number of fused-ring (bicyclic) bond motifs is 1. The van der Waals surface area contributed by atoms with Gasteiger partial charge in [0.1, 0.15) is 11.5 Å². The number of piperazine rings is 1. The maximum Gasteiger partial charge on any atom is 0.271 e. The summed E-state index contributed by atoms with van der Waals surface area (Å²) in [7, 11) is 0. The summed E-state index contributed by atoms with van der Waals surface area (Å²) in [6.07, 6.45) is 4.07. The van der Waals surface area contributed by atoms with Crippen LogP contribution in [-0.4, -0.2) is 71.5 Å². The first kappa shape index (κ1) is 20.3. The molecule has 0 spiro atoms. The minimum atomic E-state index is 0.0193. The molecule has 2 aliphatic heterocycles. The van der Waals surface area contributed by atoms with E-state index < -0.39 is 0 Å². The Bertz CT molecular complexity index is 1040. The lowest BCUT2D eigenvalue weighted by Crippen LogP contribution is -2.50. The first-order valence-electron chi connectivity index (χ1n) is 11.1. The maximum atomic E-state index is 13.2. The van der Waals surface area contributed by atoms with Crippen LogP contribution in [0.1, 0.15) is 23.3 Å². The third-order valence-corrected chi connectivity index (χ3v) is 6.92. The van der Waals surface area contributed by atoms with E-state index in [0.29, 0.717) is 16.6 Å². The zero-order chi connectivity index (χ0) is 21.2. The summed E-state index contributed by atoms with van der Waals surface area (Å²) < 4.78 is 0. The predicted octanol–water partition coefficient (Wildman–Crippen LogP) is 3.89. The Hall–Kier alpha value is -2.57. The summed E-state index contributed by atoms with van der Waals surface area (Å²) in [6, 6.07) is 13.9. The number of hydrogen-bond donors (Lipinski definition) is 1. The number of carbonyl (C=O) groups excluding carboxylic acids is 1. The fourth-order valence-electron chi connectivity index (χ4n) is 4.88. The average molecular weight is 438 g/mol. The Kier molecular flexibility index (Phi) is 5.83. The number of benzene rings is 1. The number of anilines is 1. The van der Waals surface area contributed by atoms with Crippen molar-refractivity contribution < 1.29 is 4.79 Å². The molecule has 0 saturated carbocycles. The lowest BCUT2D eigenvalue weighted by atomic mass is 9.96. The molecule has 2 aromatic heterocycles. The number of H-pyrrole nitrogens is 1. The number of rotatable bonds is 4. The molecule has 1 amide bonds. The number of piperidine rings is 1. The van der Waals surface area contributed by atoms with Crippen LogP contribution >= 0.6 is 11.6 Å². The lowest BCUT2D eigenvalue weighted by molar-refractivity contribution is 0.0632. The van der Waals surface area contributed by atoms with E-state index in [0.717, 1.165) is 69.0 Å². The number of amides is 1. The van der Waals surface area contributed by atoms with Crippen LogP contribution in [0, 0.1) is 5.92 Å². The molecular weight excluding hydrogens is 410 g/mol. The van der Waals surface area contributed by atoms with Crippen LogP contribution in [0.4, 0.5) is 5.82 Å². The second-order valence-electron chi connectivity index (χ2n) is 8.59. The highest BCUT2D eigenvalue weighted by Gasteiger charge is 2.29. The topological polar surface area (TPSA) is 55.5 Å². The number of para-hydroxylation sites is 1. The molecule has 0 bridgehead atoms. The molecule has 1 unspecified atom stereocenters. The molecular formula is C24H28ClN5O. The normalized spacial score (nSPS) is 20.4. The maximum absolute atomic E-state index is 13.2. The van der Waals surface area contributed by atoms with Gasteiger partial charge in [-0.1, -0.05) is 35.9 Å². The third-order valence-electron chi connectivity index (χ3n) is 6.52. The van der Waals surface area contributed by atoms with Crippen molar-refractivity contribution >= 4 is 34.2 Å². The van der Waals surface area contributed by atoms with Gasteiger partial charge < -0.3 is 14.8 Å². The minimum absolute atomic E-state index is 0.0193. The molecule has 0 radical (unpaired) electrons. The van der Waals surface area contributed by atoms with Gasteiger partial charge in [-0.05, 0) is 37.0 Å². The number of nitrogens with one attached hydrogen (secondary N) is 1. The number of likely N-dealkylation sites (tertiary alicyclic amines) is 1. The van der Waals surface area contributed by atoms with Gasteiger partial charge in [-0.2, -0.15) is 0 Å². The highest BCUT2D eigenvalue weighted by molar-refractivity contribution is 6.38. The van der Waals surface area contributed by atoms with Gasteiger partial charge in [0, 0.05) is 62.9 Å². The SMILES string of the molecule is O=C(c1[nH]c2ccccc2c1Cl)N1CCCC(CN2CCN(c3ccccn3)CC2)C1. The standard InChI is InChI=1S/C24H28ClN5O/c25-22-19-7-1-2-8-20(19)27-23(22)24(31)30-11-5-6-18(17-30)16-28-12-14-29(15-13-28)21-9-3-4-10-26-21/h1-4,7-10,18,27H,5-6,11-17H2. The van der Waals surface area contributed by atoms with Crippen molar-refractivity contribution in [3.8, 4) is 0 Å². The molecule has 1 aromatic carbocycles. The monoisotopic (exact) mass is 437 g/mol. The summed E-state index contributed by atoms with van der Waals surface area (Å²) in [5, 5.41) is 1.44. The number of hydrogen-bond acceptors (Lipinski definition) is 4. The molecule has 2 aliphatic rings. The molecule has 7 heteroatoms. The second-order valence-corrected chi connectivity index (χ2v) is 8.97.